The summed E-state index contributed by atoms with van der Waals surface area (Å²) in [4.78, 5) is 0. The molecule has 1 saturated carbocycles. The Hall–Kier alpha value is -1.82. The predicted octanol–water partition coefficient (Wildman–Crippen LogP) is 11.8. The van der Waals surface area contributed by atoms with Gasteiger partial charge in [-0.1, -0.05) is 133 Å². The van der Waals surface area contributed by atoms with Crippen molar-refractivity contribution in [2.75, 3.05) is 0 Å². The van der Waals surface area contributed by atoms with E-state index < -0.39 is 0 Å². The van der Waals surface area contributed by atoms with E-state index in [-0.39, 0.29) is 0 Å². The molecule has 2 aromatic carbocycles. The van der Waals surface area contributed by atoms with Crippen LogP contribution in [0.1, 0.15) is 140 Å². The SMILES string of the molecule is CCCCCCCCC1CC=C(c2ccc(-c3ccc(C4CCC(CCCC)CC4)cc3)cc2)CC1. The van der Waals surface area contributed by atoms with Gasteiger partial charge in [0.05, 0.1) is 0 Å². The number of rotatable bonds is 13. The Balaban J connectivity index is 1.24. The van der Waals surface area contributed by atoms with E-state index in [1.165, 1.54) is 126 Å². The van der Waals surface area contributed by atoms with Crippen LogP contribution in [-0.4, -0.2) is 0 Å². The second-order valence-electron chi connectivity index (χ2n) is 12.0. The summed E-state index contributed by atoms with van der Waals surface area (Å²) >= 11 is 0. The van der Waals surface area contributed by atoms with Crippen molar-refractivity contribution in [3.8, 4) is 11.1 Å². The standard InChI is InChI=1S/C36H52/c1-3-5-7-8-9-10-12-30-15-19-32(20-16-30)34-23-27-36(28-24-34)35-25-21-33(22-26-35)31-17-13-29(14-18-31)11-6-4-2/h19,21-31H,3-18,20H2,1-2H3. The number of allylic oxidation sites excluding steroid dienone is 2. The first kappa shape index (κ1) is 27.2. The van der Waals surface area contributed by atoms with Gasteiger partial charge in [-0.15, -0.1) is 0 Å². The van der Waals surface area contributed by atoms with Crippen LogP contribution in [0.4, 0.5) is 0 Å². The molecule has 2 aromatic rings. The van der Waals surface area contributed by atoms with Crippen molar-refractivity contribution in [1.82, 2.24) is 0 Å². The lowest BCUT2D eigenvalue weighted by Gasteiger charge is -2.29. The maximum atomic E-state index is 2.55. The Kier molecular flexibility index (Phi) is 11.2. The summed E-state index contributed by atoms with van der Waals surface area (Å²) in [5, 5.41) is 0. The molecule has 0 aliphatic heterocycles. The first-order valence-electron chi connectivity index (χ1n) is 15.7. The van der Waals surface area contributed by atoms with Gasteiger partial charge in [0, 0.05) is 0 Å². The summed E-state index contributed by atoms with van der Waals surface area (Å²) in [5.74, 6) is 2.69. The van der Waals surface area contributed by atoms with Crippen LogP contribution in [0.3, 0.4) is 0 Å². The summed E-state index contributed by atoms with van der Waals surface area (Å²) < 4.78 is 0. The monoisotopic (exact) mass is 484 g/mol. The van der Waals surface area contributed by atoms with Gasteiger partial charge in [0.2, 0.25) is 0 Å². The van der Waals surface area contributed by atoms with Crippen LogP contribution in [-0.2, 0) is 0 Å². The van der Waals surface area contributed by atoms with E-state index >= 15 is 0 Å². The zero-order valence-electron chi connectivity index (χ0n) is 23.4. The Morgan fingerprint density at radius 1 is 0.556 bits per heavy atom. The van der Waals surface area contributed by atoms with Gasteiger partial charge < -0.3 is 0 Å². The van der Waals surface area contributed by atoms with E-state index in [2.05, 4.69) is 68.5 Å². The third-order valence-electron chi connectivity index (χ3n) is 9.27. The van der Waals surface area contributed by atoms with Crippen LogP contribution < -0.4 is 0 Å². The molecule has 0 nitrogen and oxygen atoms in total. The number of benzene rings is 2. The zero-order chi connectivity index (χ0) is 25.0. The van der Waals surface area contributed by atoms with Gasteiger partial charge in [-0.25, -0.2) is 0 Å². The first-order valence-corrected chi connectivity index (χ1v) is 15.7. The van der Waals surface area contributed by atoms with Gasteiger partial charge in [-0.2, -0.15) is 0 Å². The Morgan fingerprint density at radius 3 is 1.78 bits per heavy atom. The van der Waals surface area contributed by atoms with Crippen molar-refractivity contribution < 1.29 is 0 Å². The lowest BCUT2D eigenvalue weighted by atomic mass is 9.77. The van der Waals surface area contributed by atoms with Crippen molar-refractivity contribution in [2.45, 2.75) is 129 Å². The average molecular weight is 485 g/mol. The summed E-state index contributed by atoms with van der Waals surface area (Å²) in [6.07, 6.45) is 26.3. The molecule has 36 heavy (non-hydrogen) atoms. The molecule has 2 aliphatic rings. The van der Waals surface area contributed by atoms with Gasteiger partial charge in [0.25, 0.3) is 0 Å². The smallest absolute Gasteiger partial charge is 0.0162 e. The highest BCUT2D eigenvalue weighted by Crippen LogP contribution is 2.38. The number of hydrogen-bond acceptors (Lipinski definition) is 0. The van der Waals surface area contributed by atoms with Crippen LogP contribution in [0.5, 0.6) is 0 Å². The minimum Gasteiger partial charge on any atom is -0.0804 e. The molecule has 196 valence electrons. The highest BCUT2D eigenvalue weighted by atomic mass is 14.3. The number of hydrogen-bond donors (Lipinski definition) is 0. The molecule has 0 heteroatoms. The Labute approximate surface area is 223 Å². The third kappa shape index (κ3) is 8.09. The summed E-state index contributed by atoms with van der Waals surface area (Å²) in [5.41, 5.74) is 7.29. The average Bonchev–Trinajstić information content (AvgIpc) is 2.95. The molecule has 0 saturated heterocycles. The van der Waals surface area contributed by atoms with Crippen LogP contribution in [0, 0.1) is 11.8 Å². The Bertz CT molecular complexity index is 892. The van der Waals surface area contributed by atoms with Crippen molar-refractivity contribution in [1.29, 1.82) is 0 Å². The summed E-state index contributed by atoms with van der Waals surface area (Å²) in [6, 6.07) is 18.9. The predicted molar refractivity (Wildman–Crippen MR) is 159 cm³/mol. The van der Waals surface area contributed by atoms with E-state index in [0.29, 0.717) is 0 Å². The normalized spacial score (nSPS) is 22.4. The lowest BCUT2D eigenvalue weighted by Crippen LogP contribution is -2.13. The Morgan fingerprint density at radius 2 is 1.14 bits per heavy atom. The van der Waals surface area contributed by atoms with Gasteiger partial charge in [-0.3, -0.25) is 0 Å². The van der Waals surface area contributed by atoms with Gasteiger partial charge in [0.1, 0.15) is 0 Å². The van der Waals surface area contributed by atoms with Gasteiger partial charge >= 0.3 is 0 Å². The van der Waals surface area contributed by atoms with Crippen LogP contribution in [0.2, 0.25) is 0 Å². The fourth-order valence-electron chi connectivity index (χ4n) is 6.73. The maximum absolute atomic E-state index is 2.55. The molecule has 0 bridgehead atoms. The molecule has 0 aromatic heterocycles. The van der Waals surface area contributed by atoms with Gasteiger partial charge in [0.15, 0.2) is 0 Å². The minimum atomic E-state index is 0.780. The van der Waals surface area contributed by atoms with Crippen LogP contribution in [0.15, 0.2) is 54.6 Å². The van der Waals surface area contributed by atoms with E-state index in [4.69, 9.17) is 0 Å². The molecular formula is C36H52. The molecule has 4 rings (SSSR count). The molecule has 0 spiro atoms. The summed E-state index contributed by atoms with van der Waals surface area (Å²) in [6.45, 7) is 4.62. The molecule has 0 radical (unpaired) electrons. The quantitative estimate of drug-likeness (QED) is 0.248. The molecule has 1 atom stereocenters. The maximum Gasteiger partial charge on any atom is -0.0162 e. The van der Waals surface area contributed by atoms with Crippen LogP contribution in [0.25, 0.3) is 16.7 Å². The molecular weight excluding hydrogens is 432 g/mol. The van der Waals surface area contributed by atoms with E-state index in [1.807, 2.05) is 0 Å². The van der Waals surface area contributed by atoms with E-state index in [0.717, 1.165) is 17.8 Å². The molecule has 0 amide bonds. The minimum absolute atomic E-state index is 0.780. The van der Waals surface area contributed by atoms with Crippen molar-refractivity contribution >= 4 is 5.57 Å². The highest BCUT2D eigenvalue weighted by molar-refractivity contribution is 5.71. The number of unbranched alkanes of at least 4 members (excludes halogenated alkanes) is 6. The second kappa shape index (κ2) is 14.8. The highest BCUT2D eigenvalue weighted by Gasteiger charge is 2.22. The molecule has 1 unspecified atom stereocenters. The van der Waals surface area contributed by atoms with E-state index in [9.17, 15) is 0 Å². The van der Waals surface area contributed by atoms with Crippen molar-refractivity contribution in [2.24, 2.45) is 11.8 Å². The van der Waals surface area contributed by atoms with Crippen molar-refractivity contribution in [3.05, 3.63) is 65.7 Å². The zero-order valence-corrected chi connectivity index (χ0v) is 23.4. The van der Waals surface area contributed by atoms with Crippen LogP contribution >= 0.6 is 0 Å². The largest absolute Gasteiger partial charge is 0.0804 e. The molecule has 1 fully saturated rings. The van der Waals surface area contributed by atoms with E-state index in [1.54, 1.807) is 11.1 Å². The van der Waals surface area contributed by atoms with Gasteiger partial charge in [-0.05, 0) is 90.5 Å². The fraction of sp³-hybridized carbons (Fsp3) is 0.611. The topological polar surface area (TPSA) is 0 Å². The second-order valence-corrected chi connectivity index (χ2v) is 12.0. The molecule has 2 aliphatic carbocycles. The fourth-order valence-corrected chi connectivity index (χ4v) is 6.73. The van der Waals surface area contributed by atoms with Crippen molar-refractivity contribution in [3.63, 3.8) is 0 Å². The molecule has 0 heterocycles. The molecule has 0 N–H and O–H groups in total. The first-order chi connectivity index (χ1) is 17.8. The third-order valence-corrected chi connectivity index (χ3v) is 9.27. The summed E-state index contributed by atoms with van der Waals surface area (Å²) in [7, 11) is 0. The lowest BCUT2D eigenvalue weighted by molar-refractivity contribution is 0.304.